The van der Waals surface area contributed by atoms with E-state index in [9.17, 15) is 4.79 Å². The maximum Gasteiger partial charge on any atom is 0.337 e. The lowest BCUT2D eigenvalue weighted by atomic mass is 10.4. The van der Waals surface area contributed by atoms with Gasteiger partial charge in [-0.05, 0) is 13.8 Å². The zero-order chi connectivity index (χ0) is 10.3. The molecule has 5 nitrogen and oxygen atoms in total. The molecule has 0 aromatic rings. The maximum absolute atomic E-state index is 10.8. The second-order valence-corrected chi connectivity index (χ2v) is 2.78. The van der Waals surface area contributed by atoms with Crippen LogP contribution >= 0.6 is 0 Å². The summed E-state index contributed by atoms with van der Waals surface area (Å²) in [6.45, 7) is 3.95. The average molecular weight is 191 g/mol. The van der Waals surface area contributed by atoms with Crippen LogP contribution in [0.25, 0.3) is 0 Å². The molecule has 0 aliphatic carbocycles. The first-order valence-electron chi connectivity index (χ1n) is 4.26. The van der Waals surface area contributed by atoms with Crippen molar-refractivity contribution in [1.82, 2.24) is 0 Å². The van der Waals surface area contributed by atoms with E-state index in [0.29, 0.717) is 6.61 Å². The Labute approximate surface area is 77.8 Å². The summed E-state index contributed by atoms with van der Waals surface area (Å²) in [6, 6.07) is -0.102. The van der Waals surface area contributed by atoms with E-state index >= 15 is 0 Å². The SMILES string of the molecule is CCOC(=O)C(O)COC[C@H](C)N. The van der Waals surface area contributed by atoms with E-state index in [1.54, 1.807) is 13.8 Å². The zero-order valence-corrected chi connectivity index (χ0v) is 8.03. The van der Waals surface area contributed by atoms with Crippen LogP contribution in [-0.4, -0.2) is 43.0 Å². The van der Waals surface area contributed by atoms with E-state index in [0.717, 1.165) is 0 Å². The number of nitrogens with two attached hydrogens (primary N) is 1. The highest BCUT2D eigenvalue weighted by atomic mass is 16.6. The highest BCUT2D eigenvalue weighted by Crippen LogP contribution is 1.91. The smallest absolute Gasteiger partial charge is 0.337 e. The molecule has 0 aromatic heterocycles. The summed E-state index contributed by atoms with van der Waals surface area (Å²) in [5, 5.41) is 9.12. The minimum Gasteiger partial charge on any atom is -0.464 e. The molecule has 2 atom stereocenters. The van der Waals surface area contributed by atoms with Gasteiger partial charge in [0.05, 0.1) is 19.8 Å². The van der Waals surface area contributed by atoms with Gasteiger partial charge < -0.3 is 20.3 Å². The van der Waals surface area contributed by atoms with Crippen LogP contribution < -0.4 is 5.73 Å². The van der Waals surface area contributed by atoms with Gasteiger partial charge in [0.1, 0.15) is 0 Å². The lowest BCUT2D eigenvalue weighted by Crippen LogP contribution is -2.31. The van der Waals surface area contributed by atoms with Crippen LogP contribution in [0.15, 0.2) is 0 Å². The topological polar surface area (TPSA) is 81.8 Å². The molecule has 1 unspecified atom stereocenters. The van der Waals surface area contributed by atoms with E-state index in [-0.39, 0.29) is 19.3 Å². The van der Waals surface area contributed by atoms with E-state index in [4.69, 9.17) is 15.6 Å². The molecule has 0 radical (unpaired) electrons. The van der Waals surface area contributed by atoms with Gasteiger partial charge in [0.25, 0.3) is 0 Å². The molecule has 0 spiro atoms. The van der Waals surface area contributed by atoms with Crippen LogP contribution in [0.1, 0.15) is 13.8 Å². The number of aliphatic hydroxyl groups excluding tert-OH is 1. The molecule has 3 N–H and O–H groups in total. The van der Waals surface area contributed by atoms with Gasteiger partial charge in [-0.3, -0.25) is 0 Å². The van der Waals surface area contributed by atoms with Crippen LogP contribution in [0.4, 0.5) is 0 Å². The highest BCUT2D eigenvalue weighted by Gasteiger charge is 2.15. The van der Waals surface area contributed by atoms with Gasteiger partial charge in [-0.25, -0.2) is 4.79 Å². The first-order chi connectivity index (χ1) is 6.07. The molecule has 78 valence electrons. The predicted molar refractivity (Wildman–Crippen MR) is 47.1 cm³/mol. The fourth-order valence-electron chi connectivity index (χ4n) is 0.672. The van der Waals surface area contributed by atoms with E-state index in [1.165, 1.54) is 0 Å². The molecule has 5 heteroatoms. The van der Waals surface area contributed by atoms with Gasteiger partial charge in [-0.1, -0.05) is 0 Å². The molecule has 0 saturated carbocycles. The van der Waals surface area contributed by atoms with Gasteiger partial charge in [0.15, 0.2) is 6.10 Å². The van der Waals surface area contributed by atoms with Crippen molar-refractivity contribution in [2.24, 2.45) is 5.73 Å². The highest BCUT2D eigenvalue weighted by molar-refractivity contribution is 5.74. The Bertz CT molecular complexity index is 149. The second-order valence-electron chi connectivity index (χ2n) is 2.78. The summed E-state index contributed by atoms with van der Waals surface area (Å²) < 4.78 is 9.51. The summed E-state index contributed by atoms with van der Waals surface area (Å²) in [4.78, 5) is 10.8. The predicted octanol–water partition coefficient (Wildman–Crippen LogP) is -0.726. The summed E-state index contributed by atoms with van der Waals surface area (Å²) in [6.07, 6.45) is -1.21. The Hall–Kier alpha value is -0.650. The summed E-state index contributed by atoms with van der Waals surface area (Å²) in [5.41, 5.74) is 5.39. The summed E-state index contributed by atoms with van der Waals surface area (Å²) in [5.74, 6) is -0.660. The maximum atomic E-state index is 10.8. The number of aliphatic hydroxyl groups is 1. The third kappa shape index (κ3) is 6.51. The lowest BCUT2D eigenvalue weighted by Gasteiger charge is -2.11. The van der Waals surface area contributed by atoms with E-state index in [2.05, 4.69) is 4.74 Å². The molecule has 0 aromatic carbocycles. The zero-order valence-electron chi connectivity index (χ0n) is 8.03. The van der Waals surface area contributed by atoms with Crippen molar-refractivity contribution in [1.29, 1.82) is 0 Å². The van der Waals surface area contributed by atoms with Crippen molar-refractivity contribution >= 4 is 5.97 Å². The molecular formula is C8H17NO4. The Morgan fingerprint density at radius 1 is 1.54 bits per heavy atom. The molecule has 0 aliphatic heterocycles. The minimum atomic E-state index is -1.21. The number of ether oxygens (including phenoxy) is 2. The van der Waals surface area contributed by atoms with Crippen LogP contribution in [0, 0.1) is 0 Å². The van der Waals surface area contributed by atoms with Crippen molar-refractivity contribution in [3.63, 3.8) is 0 Å². The molecular weight excluding hydrogens is 174 g/mol. The van der Waals surface area contributed by atoms with Crippen LogP contribution in [0.2, 0.25) is 0 Å². The third-order valence-corrected chi connectivity index (χ3v) is 1.22. The van der Waals surface area contributed by atoms with Gasteiger partial charge >= 0.3 is 5.97 Å². The molecule has 0 rings (SSSR count). The second kappa shape index (κ2) is 6.82. The van der Waals surface area contributed by atoms with Gasteiger partial charge in [-0.2, -0.15) is 0 Å². The molecule has 0 fully saturated rings. The van der Waals surface area contributed by atoms with Crippen molar-refractivity contribution in [2.45, 2.75) is 26.0 Å². The van der Waals surface area contributed by atoms with Crippen LogP contribution in [0.5, 0.6) is 0 Å². The van der Waals surface area contributed by atoms with Crippen LogP contribution in [0.3, 0.4) is 0 Å². The molecule has 0 amide bonds. The number of carbonyl (C=O) groups excluding carboxylic acids is 1. The van der Waals surface area contributed by atoms with Crippen molar-refractivity contribution in [3.05, 3.63) is 0 Å². The van der Waals surface area contributed by atoms with Gasteiger partial charge in [0, 0.05) is 6.04 Å². The van der Waals surface area contributed by atoms with Crippen molar-refractivity contribution < 1.29 is 19.4 Å². The Balaban J connectivity index is 3.49. The van der Waals surface area contributed by atoms with Gasteiger partial charge in [-0.15, -0.1) is 0 Å². The summed E-state index contributed by atoms with van der Waals surface area (Å²) >= 11 is 0. The first-order valence-corrected chi connectivity index (χ1v) is 4.26. The lowest BCUT2D eigenvalue weighted by molar-refractivity contribution is -0.156. The van der Waals surface area contributed by atoms with Crippen molar-refractivity contribution in [2.75, 3.05) is 19.8 Å². The average Bonchev–Trinajstić information content (AvgIpc) is 2.04. The van der Waals surface area contributed by atoms with Crippen LogP contribution in [-0.2, 0) is 14.3 Å². The molecule has 13 heavy (non-hydrogen) atoms. The Kier molecular flexibility index (Phi) is 6.48. The number of hydrogen-bond acceptors (Lipinski definition) is 5. The fourth-order valence-corrected chi connectivity index (χ4v) is 0.672. The van der Waals surface area contributed by atoms with Gasteiger partial charge in [0.2, 0.25) is 0 Å². The number of carbonyl (C=O) groups is 1. The third-order valence-electron chi connectivity index (χ3n) is 1.22. The number of hydrogen-bond donors (Lipinski definition) is 2. The molecule has 0 bridgehead atoms. The van der Waals surface area contributed by atoms with E-state index < -0.39 is 12.1 Å². The quantitative estimate of drug-likeness (QED) is 0.541. The molecule has 0 saturated heterocycles. The standard InChI is InChI=1S/C8H17NO4/c1-3-13-8(11)7(10)5-12-4-6(2)9/h6-7,10H,3-5,9H2,1-2H3/t6-,7?/m0/s1. The largest absolute Gasteiger partial charge is 0.464 e. The minimum absolute atomic E-state index is 0.0691. The first kappa shape index (κ1) is 12.3. The number of rotatable bonds is 6. The summed E-state index contributed by atoms with van der Waals surface area (Å²) in [7, 11) is 0. The van der Waals surface area contributed by atoms with E-state index in [1.807, 2.05) is 0 Å². The molecule has 0 aliphatic rings. The normalized spacial score (nSPS) is 15.1. The monoisotopic (exact) mass is 191 g/mol. The molecule has 0 heterocycles. The Morgan fingerprint density at radius 2 is 2.15 bits per heavy atom. The Morgan fingerprint density at radius 3 is 2.62 bits per heavy atom. The fraction of sp³-hybridized carbons (Fsp3) is 0.875. The van der Waals surface area contributed by atoms with Crippen molar-refractivity contribution in [3.8, 4) is 0 Å². The number of esters is 1.